The molecule has 0 aliphatic heterocycles. The quantitative estimate of drug-likeness (QED) is 0.827. The predicted octanol–water partition coefficient (Wildman–Crippen LogP) is -0.0328. The highest BCUT2D eigenvalue weighted by molar-refractivity contribution is 7.92. The van der Waals surface area contributed by atoms with Crippen LogP contribution in [0.25, 0.3) is 0 Å². The predicted molar refractivity (Wildman–Crippen MR) is 74.9 cm³/mol. The summed E-state index contributed by atoms with van der Waals surface area (Å²) in [5.41, 5.74) is 0.131. The van der Waals surface area contributed by atoms with E-state index in [1.54, 1.807) is 13.1 Å². The van der Waals surface area contributed by atoms with E-state index in [4.69, 9.17) is 0 Å². The lowest BCUT2D eigenvalue weighted by Gasteiger charge is -2.13. The molecule has 0 saturated heterocycles. The smallest absolute Gasteiger partial charge is 0.250 e. The number of aromatic nitrogens is 1. The van der Waals surface area contributed by atoms with Gasteiger partial charge >= 0.3 is 0 Å². The summed E-state index contributed by atoms with van der Waals surface area (Å²) in [6.07, 6.45) is 3.34. The Kier molecular flexibility index (Phi) is 3.99. The molecule has 20 heavy (non-hydrogen) atoms. The third-order valence-corrected chi connectivity index (χ3v) is 5.40. The SMILES string of the molecule is C[C@@H](C(=O)NC1CC1)S(=O)(=O)Cc1ccn(C)c(=O)c1. The van der Waals surface area contributed by atoms with E-state index in [1.807, 2.05) is 0 Å². The molecule has 0 unspecified atom stereocenters. The van der Waals surface area contributed by atoms with Gasteiger partial charge in [0.25, 0.3) is 5.56 Å². The number of nitrogens with zero attached hydrogens (tertiary/aromatic N) is 1. The fourth-order valence-corrected chi connectivity index (χ4v) is 3.03. The zero-order valence-electron chi connectivity index (χ0n) is 11.5. The van der Waals surface area contributed by atoms with Crippen LogP contribution in [0.1, 0.15) is 25.3 Å². The van der Waals surface area contributed by atoms with E-state index in [9.17, 15) is 18.0 Å². The van der Waals surface area contributed by atoms with Gasteiger partial charge in [-0.15, -0.1) is 0 Å². The number of hydrogen-bond acceptors (Lipinski definition) is 4. The van der Waals surface area contributed by atoms with Gasteiger partial charge in [0.1, 0.15) is 5.25 Å². The molecule has 0 radical (unpaired) electrons. The molecule has 1 aliphatic rings. The lowest BCUT2D eigenvalue weighted by atomic mass is 10.3. The van der Waals surface area contributed by atoms with Crippen molar-refractivity contribution in [1.29, 1.82) is 0 Å². The molecule has 1 aromatic rings. The molecule has 1 heterocycles. The molecule has 1 aliphatic carbocycles. The Bertz CT molecular complexity index is 674. The van der Waals surface area contributed by atoms with Crippen molar-refractivity contribution in [1.82, 2.24) is 9.88 Å². The van der Waals surface area contributed by atoms with Crippen molar-refractivity contribution in [3.8, 4) is 0 Å². The van der Waals surface area contributed by atoms with Gasteiger partial charge in [-0.1, -0.05) is 0 Å². The molecule has 1 aromatic heterocycles. The van der Waals surface area contributed by atoms with Gasteiger partial charge in [-0.05, 0) is 31.4 Å². The maximum absolute atomic E-state index is 12.2. The van der Waals surface area contributed by atoms with E-state index >= 15 is 0 Å². The van der Waals surface area contributed by atoms with E-state index in [-0.39, 0.29) is 17.4 Å². The Morgan fingerprint density at radius 2 is 2.15 bits per heavy atom. The highest BCUT2D eigenvalue weighted by Crippen LogP contribution is 2.19. The maximum Gasteiger partial charge on any atom is 0.250 e. The Labute approximate surface area is 117 Å². The fraction of sp³-hybridized carbons (Fsp3) is 0.538. The monoisotopic (exact) mass is 298 g/mol. The van der Waals surface area contributed by atoms with Crippen LogP contribution in [0.5, 0.6) is 0 Å². The van der Waals surface area contributed by atoms with Crippen LogP contribution < -0.4 is 10.9 Å². The Hall–Kier alpha value is -1.63. The number of amides is 1. The Balaban J connectivity index is 2.10. The van der Waals surface area contributed by atoms with E-state index in [2.05, 4.69) is 5.32 Å². The van der Waals surface area contributed by atoms with Crippen molar-refractivity contribution in [2.24, 2.45) is 7.05 Å². The highest BCUT2D eigenvalue weighted by Gasteiger charge is 2.32. The second-order valence-corrected chi connectivity index (χ2v) is 7.54. The molecule has 6 nitrogen and oxygen atoms in total. The highest BCUT2D eigenvalue weighted by atomic mass is 32.2. The lowest BCUT2D eigenvalue weighted by molar-refractivity contribution is -0.120. The molecule has 0 bridgehead atoms. The molecular formula is C13H18N2O4S. The maximum atomic E-state index is 12.2. The number of aryl methyl sites for hydroxylation is 1. The third kappa shape index (κ3) is 3.47. The second-order valence-electron chi connectivity index (χ2n) is 5.22. The summed E-state index contributed by atoms with van der Waals surface area (Å²) in [6.45, 7) is 1.38. The minimum atomic E-state index is -3.62. The van der Waals surface area contributed by atoms with Crippen molar-refractivity contribution in [2.45, 2.75) is 36.8 Å². The third-order valence-electron chi connectivity index (χ3n) is 3.37. The van der Waals surface area contributed by atoms with Crippen LogP contribution >= 0.6 is 0 Å². The molecule has 110 valence electrons. The topological polar surface area (TPSA) is 85.2 Å². The summed E-state index contributed by atoms with van der Waals surface area (Å²) >= 11 is 0. The fourth-order valence-electron chi connectivity index (χ4n) is 1.75. The standard InChI is InChI=1S/C13H18N2O4S/c1-9(13(17)14-11-3-4-11)20(18,19)8-10-5-6-15(2)12(16)7-10/h5-7,9,11H,3-4,8H2,1-2H3,(H,14,17)/t9-/m0/s1. The van der Waals surface area contributed by atoms with Crippen LogP contribution in [0.4, 0.5) is 0 Å². The van der Waals surface area contributed by atoms with Crippen molar-refractivity contribution in [2.75, 3.05) is 0 Å². The first kappa shape index (κ1) is 14.8. The molecule has 2 rings (SSSR count). The minimum Gasteiger partial charge on any atom is -0.352 e. The molecule has 1 saturated carbocycles. The summed E-state index contributed by atoms with van der Waals surface area (Å²) in [5.74, 6) is -0.765. The summed E-state index contributed by atoms with van der Waals surface area (Å²) in [6, 6.07) is 2.98. The Morgan fingerprint density at radius 3 is 2.70 bits per heavy atom. The van der Waals surface area contributed by atoms with Crippen molar-refractivity contribution in [3.05, 3.63) is 34.2 Å². The molecule has 0 aromatic carbocycles. The number of carbonyl (C=O) groups excluding carboxylic acids is 1. The average molecular weight is 298 g/mol. The molecular weight excluding hydrogens is 280 g/mol. The molecule has 1 N–H and O–H groups in total. The molecule has 1 amide bonds. The molecule has 7 heteroatoms. The lowest BCUT2D eigenvalue weighted by Crippen LogP contribution is -2.39. The summed E-state index contributed by atoms with van der Waals surface area (Å²) in [4.78, 5) is 23.3. The van der Waals surface area contributed by atoms with Gasteiger partial charge in [0.2, 0.25) is 5.91 Å². The van der Waals surface area contributed by atoms with Crippen LogP contribution in [0.3, 0.4) is 0 Å². The van der Waals surface area contributed by atoms with E-state index < -0.39 is 21.0 Å². The first-order chi connectivity index (χ1) is 9.29. The Morgan fingerprint density at radius 1 is 1.50 bits per heavy atom. The molecule has 1 atom stereocenters. The molecule has 0 spiro atoms. The normalized spacial score (nSPS) is 16.7. The second kappa shape index (κ2) is 5.40. The van der Waals surface area contributed by atoms with Crippen LogP contribution in [0.15, 0.2) is 23.1 Å². The summed E-state index contributed by atoms with van der Waals surface area (Å²) < 4.78 is 25.7. The zero-order chi connectivity index (χ0) is 14.9. The van der Waals surface area contributed by atoms with Crippen LogP contribution in [0.2, 0.25) is 0 Å². The number of hydrogen-bond donors (Lipinski definition) is 1. The van der Waals surface area contributed by atoms with E-state index in [0.29, 0.717) is 5.56 Å². The molecule has 1 fully saturated rings. The van der Waals surface area contributed by atoms with Crippen molar-refractivity contribution in [3.63, 3.8) is 0 Å². The van der Waals surface area contributed by atoms with Crippen molar-refractivity contribution < 1.29 is 13.2 Å². The number of carbonyl (C=O) groups is 1. The average Bonchev–Trinajstić information content (AvgIpc) is 3.16. The van der Waals surface area contributed by atoms with Crippen LogP contribution in [0, 0.1) is 0 Å². The van der Waals surface area contributed by atoms with Gasteiger partial charge < -0.3 is 9.88 Å². The number of sulfone groups is 1. The zero-order valence-corrected chi connectivity index (χ0v) is 12.3. The first-order valence-corrected chi connectivity index (χ1v) is 8.18. The van der Waals surface area contributed by atoms with Gasteiger partial charge in [0, 0.05) is 25.4 Å². The van der Waals surface area contributed by atoms with Crippen molar-refractivity contribution >= 4 is 15.7 Å². The van der Waals surface area contributed by atoms with Gasteiger partial charge in [0.15, 0.2) is 9.84 Å². The number of nitrogens with one attached hydrogen (secondary N) is 1. The number of pyridine rings is 1. The van der Waals surface area contributed by atoms with Gasteiger partial charge in [0.05, 0.1) is 5.75 Å². The summed E-state index contributed by atoms with van der Waals surface area (Å²) in [5, 5.41) is 1.58. The van der Waals surface area contributed by atoms with Gasteiger partial charge in [-0.3, -0.25) is 9.59 Å². The van der Waals surface area contributed by atoms with Gasteiger partial charge in [-0.2, -0.15) is 0 Å². The van der Waals surface area contributed by atoms with Crippen LogP contribution in [-0.2, 0) is 27.4 Å². The van der Waals surface area contributed by atoms with E-state index in [1.165, 1.54) is 23.8 Å². The number of rotatable bonds is 5. The van der Waals surface area contributed by atoms with E-state index in [0.717, 1.165) is 12.8 Å². The first-order valence-electron chi connectivity index (χ1n) is 6.47. The summed E-state index contributed by atoms with van der Waals surface area (Å²) in [7, 11) is -2.03. The van der Waals surface area contributed by atoms with Crippen LogP contribution in [-0.4, -0.2) is 30.2 Å². The minimum absolute atomic E-state index is 0.129. The largest absolute Gasteiger partial charge is 0.352 e. The van der Waals surface area contributed by atoms with Gasteiger partial charge in [-0.25, -0.2) is 8.42 Å².